The Morgan fingerprint density at radius 1 is 1.60 bits per heavy atom. The minimum absolute atomic E-state index is 0.101. The summed E-state index contributed by atoms with van der Waals surface area (Å²) in [4.78, 5) is 10.6. The molecule has 10 heavy (non-hydrogen) atoms. The third-order valence-corrected chi connectivity index (χ3v) is 1.35. The Kier molecular flexibility index (Phi) is 4.55. The lowest BCUT2D eigenvalue weighted by molar-refractivity contribution is -0.113. The topological polar surface area (TPSA) is 17.1 Å². The summed E-state index contributed by atoms with van der Waals surface area (Å²) in [7, 11) is 0. The van der Waals surface area contributed by atoms with Crippen LogP contribution in [0.4, 0.5) is 0 Å². The van der Waals surface area contributed by atoms with E-state index in [1.54, 1.807) is 6.92 Å². The molecule has 0 aliphatic carbocycles. The lowest BCUT2D eigenvalue weighted by Crippen LogP contribution is -1.93. The molecule has 0 atom stereocenters. The average Bonchev–Trinajstić information content (AvgIpc) is 1.88. The van der Waals surface area contributed by atoms with Gasteiger partial charge in [0.25, 0.3) is 0 Å². The minimum atomic E-state index is 0.101. The fraction of sp³-hybridized carbons (Fsp3) is 0.444. The molecule has 0 fully saturated rings. The molecule has 56 valence electrons. The van der Waals surface area contributed by atoms with Crippen molar-refractivity contribution < 1.29 is 4.79 Å². The number of carbonyl (C=O) groups excluding carboxylic acids is 1. The number of ketones is 1. The summed E-state index contributed by atoms with van der Waals surface area (Å²) in [6.07, 6.45) is 5.73. The molecule has 0 aliphatic rings. The fourth-order valence-electron chi connectivity index (χ4n) is 0.600. The zero-order valence-electron chi connectivity index (χ0n) is 6.68. The maximum absolute atomic E-state index is 10.6. The van der Waals surface area contributed by atoms with E-state index in [1.165, 1.54) is 0 Å². The quantitative estimate of drug-likeness (QED) is 0.431. The van der Waals surface area contributed by atoms with E-state index in [2.05, 4.69) is 6.58 Å². The van der Waals surface area contributed by atoms with Crippen LogP contribution in [-0.2, 0) is 4.79 Å². The first-order valence-electron chi connectivity index (χ1n) is 3.48. The normalized spacial score (nSPS) is 10.2. The van der Waals surface area contributed by atoms with E-state index in [0.29, 0.717) is 0 Å². The second kappa shape index (κ2) is 4.98. The molecule has 0 aliphatic heterocycles. The molecule has 0 aromatic carbocycles. The third kappa shape index (κ3) is 4.07. The van der Waals surface area contributed by atoms with Gasteiger partial charge in [-0.2, -0.15) is 0 Å². The van der Waals surface area contributed by atoms with E-state index < -0.39 is 0 Å². The van der Waals surface area contributed by atoms with Crippen LogP contribution in [0.25, 0.3) is 0 Å². The summed E-state index contributed by atoms with van der Waals surface area (Å²) in [6, 6.07) is 0. The van der Waals surface area contributed by atoms with E-state index in [1.807, 2.05) is 19.1 Å². The van der Waals surface area contributed by atoms with Gasteiger partial charge >= 0.3 is 0 Å². The van der Waals surface area contributed by atoms with E-state index in [0.717, 1.165) is 18.4 Å². The molecule has 0 aromatic heterocycles. The zero-order valence-corrected chi connectivity index (χ0v) is 6.68. The highest BCUT2D eigenvalue weighted by Crippen LogP contribution is 2.03. The Bertz CT molecular complexity index is 154. The molecule has 0 saturated carbocycles. The van der Waals surface area contributed by atoms with Crippen molar-refractivity contribution in [2.24, 2.45) is 0 Å². The minimum Gasteiger partial charge on any atom is -0.295 e. The van der Waals surface area contributed by atoms with E-state index in [9.17, 15) is 4.79 Å². The van der Waals surface area contributed by atoms with Gasteiger partial charge < -0.3 is 0 Å². The van der Waals surface area contributed by atoms with Gasteiger partial charge in [-0.3, -0.25) is 4.79 Å². The van der Waals surface area contributed by atoms with Crippen molar-refractivity contribution in [3.05, 3.63) is 24.3 Å². The predicted octanol–water partition coefficient (Wildman–Crippen LogP) is 2.49. The van der Waals surface area contributed by atoms with E-state index in [-0.39, 0.29) is 5.78 Å². The number of allylic oxidation sites excluding steroid dienone is 3. The molecule has 0 saturated heterocycles. The van der Waals surface area contributed by atoms with E-state index in [4.69, 9.17) is 0 Å². The molecule has 0 rings (SSSR count). The second-order valence-electron chi connectivity index (χ2n) is 2.27. The largest absolute Gasteiger partial charge is 0.295 e. The molecule has 0 heterocycles. The van der Waals surface area contributed by atoms with Crippen LogP contribution in [-0.4, -0.2) is 5.78 Å². The summed E-state index contributed by atoms with van der Waals surface area (Å²) in [5, 5.41) is 0. The predicted molar refractivity (Wildman–Crippen MR) is 43.9 cm³/mol. The molecule has 0 radical (unpaired) electrons. The number of hydrogen-bond acceptors (Lipinski definition) is 1. The van der Waals surface area contributed by atoms with Crippen molar-refractivity contribution in [1.82, 2.24) is 0 Å². The van der Waals surface area contributed by atoms with Gasteiger partial charge in [-0.15, -0.1) is 0 Å². The SMILES string of the molecule is C=C(CC/C=C\C)C(C)=O. The average molecular weight is 138 g/mol. The number of carbonyl (C=O) groups is 1. The molecule has 1 heteroatoms. The van der Waals surface area contributed by atoms with Crippen LogP contribution in [0.1, 0.15) is 26.7 Å². The fourth-order valence-corrected chi connectivity index (χ4v) is 0.600. The molecule has 0 bridgehead atoms. The Hall–Kier alpha value is -0.850. The van der Waals surface area contributed by atoms with Gasteiger partial charge in [0.05, 0.1) is 0 Å². The highest BCUT2D eigenvalue weighted by molar-refractivity contribution is 5.92. The van der Waals surface area contributed by atoms with Crippen LogP contribution in [0.3, 0.4) is 0 Å². The lowest BCUT2D eigenvalue weighted by Gasteiger charge is -1.95. The van der Waals surface area contributed by atoms with Crippen molar-refractivity contribution in [2.45, 2.75) is 26.7 Å². The van der Waals surface area contributed by atoms with Crippen LogP contribution < -0.4 is 0 Å². The Morgan fingerprint density at radius 3 is 2.60 bits per heavy atom. The molecule has 1 nitrogen and oxygen atoms in total. The summed E-state index contributed by atoms with van der Waals surface area (Å²) in [6.45, 7) is 7.16. The Balaban J connectivity index is 3.50. The highest BCUT2D eigenvalue weighted by atomic mass is 16.1. The molecule has 0 aromatic rings. The maximum atomic E-state index is 10.6. The Labute approximate surface area is 62.4 Å². The van der Waals surface area contributed by atoms with Crippen LogP contribution in [0.15, 0.2) is 24.3 Å². The first-order chi connectivity index (χ1) is 4.68. The zero-order chi connectivity index (χ0) is 7.98. The third-order valence-electron chi connectivity index (χ3n) is 1.35. The van der Waals surface area contributed by atoms with E-state index >= 15 is 0 Å². The molecule has 0 unspecified atom stereocenters. The number of Topliss-reactive ketones (excluding diaryl/α,β-unsaturated/α-hetero) is 1. The smallest absolute Gasteiger partial charge is 0.155 e. The summed E-state index contributed by atoms with van der Waals surface area (Å²) >= 11 is 0. The molecule has 0 N–H and O–H groups in total. The maximum Gasteiger partial charge on any atom is 0.155 e. The summed E-state index contributed by atoms with van der Waals surface area (Å²) in [5.41, 5.74) is 0.720. The van der Waals surface area contributed by atoms with Gasteiger partial charge in [0.2, 0.25) is 0 Å². The van der Waals surface area contributed by atoms with Crippen LogP contribution in [0, 0.1) is 0 Å². The van der Waals surface area contributed by atoms with Crippen LogP contribution >= 0.6 is 0 Å². The summed E-state index contributed by atoms with van der Waals surface area (Å²) in [5.74, 6) is 0.101. The van der Waals surface area contributed by atoms with Crippen molar-refractivity contribution in [2.75, 3.05) is 0 Å². The van der Waals surface area contributed by atoms with Gasteiger partial charge in [0, 0.05) is 0 Å². The molecular formula is C9H14O. The van der Waals surface area contributed by atoms with Gasteiger partial charge in [0.15, 0.2) is 5.78 Å². The second-order valence-corrected chi connectivity index (χ2v) is 2.27. The van der Waals surface area contributed by atoms with Gasteiger partial charge in [-0.25, -0.2) is 0 Å². The summed E-state index contributed by atoms with van der Waals surface area (Å²) < 4.78 is 0. The molecule has 0 spiro atoms. The van der Waals surface area contributed by atoms with Crippen LogP contribution in [0.2, 0.25) is 0 Å². The number of hydrogen-bond donors (Lipinski definition) is 0. The lowest BCUT2D eigenvalue weighted by atomic mass is 10.1. The Morgan fingerprint density at radius 2 is 2.20 bits per heavy atom. The van der Waals surface area contributed by atoms with Crippen molar-refractivity contribution in [1.29, 1.82) is 0 Å². The van der Waals surface area contributed by atoms with Gasteiger partial charge in [-0.05, 0) is 32.3 Å². The highest BCUT2D eigenvalue weighted by Gasteiger charge is 1.96. The molecular weight excluding hydrogens is 124 g/mol. The standard InChI is InChI=1S/C9H14O/c1-4-5-6-7-8(2)9(3)10/h4-5H,2,6-7H2,1,3H3/b5-4-. The van der Waals surface area contributed by atoms with Crippen LogP contribution in [0.5, 0.6) is 0 Å². The van der Waals surface area contributed by atoms with Gasteiger partial charge in [-0.1, -0.05) is 18.7 Å². The van der Waals surface area contributed by atoms with Crippen molar-refractivity contribution in [3.63, 3.8) is 0 Å². The first-order valence-corrected chi connectivity index (χ1v) is 3.48. The van der Waals surface area contributed by atoms with Crippen molar-refractivity contribution in [3.8, 4) is 0 Å². The number of rotatable bonds is 4. The first kappa shape index (κ1) is 9.15. The van der Waals surface area contributed by atoms with Crippen molar-refractivity contribution >= 4 is 5.78 Å². The monoisotopic (exact) mass is 138 g/mol. The molecule has 0 amide bonds. The van der Waals surface area contributed by atoms with Gasteiger partial charge in [0.1, 0.15) is 0 Å².